The van der Waals surface area contributed by atoms with Crippen molar-refractivity contribution in [3.05, 3.63) is 29.8 Å². The summed E-state index contributed by atoms with van der Waals surface area (Å²) in [6.45, 7) is 5.13. The molecule has 1 aromatic carbocycles. The molecule has 0 amide bonds. The SMILES string of the molecule is COC(=O)[C@H](C)[C@H](C)NS(=O)(=O)c1ccc(C)cc1. The number of carbonyl (C=O) groups excluding carboxylic acids is 1. The molecule has 1 rings (SSSR count). The molecule has 0 bridgehead atoms. The van der Waals surface area contributed by atoms with E-state index in [9.17, 15) is 13.2 Å². The van der Waals surface area contributed by atoms with Crippen molar-refractivity contribution in [1.82, 2.24) is 4.72 Å². The summed E-state index contributed by atoms with van der Waals surface area (Å²) < 4.78 is 31.3. The number of hydrogen-bond acceptors (Lipinski definition) is 4. The number of nitrogens with one attached hydrogen (secondary N) is 1. The molecule has 5 nitrogen and oxygen atoms in total. The maximum atomic E-state index is 12.1. The zero-order chi connectivity index (χ0) is 14.6. The van der Waals surface area contributed by atoms with Crippen LogP contribution < -0.4 is 4.72 Å². The summed E-state index contributed by atoms with van der Waals surface area (Å²) in [5, 5.41) is 0. The van der Waals surface area contributed by atoms with E-state index in [-0.39, 0.29) is 4.90 Å². The Bertz CT molecular complexity index is 536. The van der Waals surface area contributed by atoms with Gasteiger partial charge in [-0.15, -0.1) is 0 Å². The largest absolute Gasteiger partial charge is 0.469 e. The van der Waals surface area contributed by atoms with Gasteiger partial charge < -0.3 is 4.74 Å². The van der Waals surface area contributed by atoms with Gasteiger partial charge in [-0.2, -0.15) is 0 Å². The van der Waals surface area contributed by atoms with Crippen LogP contribution in [-0.4, -0.2) is 27.5 Å². The average molecular weight is 285 g/mol. The molecule has 0 aromatic heterocycles. The smallest absolute Gasteiger partial charge is 0.309 e. The van der Waals surface area contributed by atoms with Gasteiger partial charge >= 0.3 is 5.97 Å². The molecule has 1 N–H and O–H groups in total. The average Bonchev–Trinajstić information content (AvgIpc) is 2.36. The topological polar surface area (TPSA) is 72.5 Å². The normalized spacial score (nSPS) is 14.7. The standard InChI is InChI=1S/C13H19NO4S/c1-9-5-7-12(8-6-9)19(16,17)14-11(3)10(2)13(15)18-4/h5-8,10-11,14H,1-4H3/t10-,11+/m1/s1. The van der Waals surface area contributed by atoms with E-state index in [4.69, 9.17) is 0 Å². The van der Waals surface area contributed by atoms with Crippen LogP contribution in [0.1, 0.15) is 19.4 Å². The number of sulfonamides is 1. The van der Waals surface area contributed by atoms with Gasteiger partial charge in [0.25, 0.3) is 0 Å². The van der Waals surface area contributed by atoms with Crippen molar-refractivity contribution in [1.29, 1.82) is 0 Å². The fourth-order valence-corrected chi connectivity index (χ4v) is 2.85. The molecule has 0 aliphatic carbocycles. The molecule has 0 spiro atoms. The molecule has 0 radical (unpaired) electrons. The molecular weight excluding hydrogens is 266 g/mol. The number of carbonyl (C=O) groups is 1. The van der Waals surface area contributed by atoms with Crippen molar-refractivity contribution in [3.8, 4) is 0 Å². The van der Waals surface area contributed by atoms with E-state index < -0.39 is 28.0 Å². The molecule has 0 saturated heterocycles. The van der Waals surface area contributed by atoms with Crippen LogP contribution in [-0.2, 0) is 19.6 Å². The second-order valence-electron chi connectivity index (χ2n) is 4.53. The van der Waals surface area contributed by atoms with Gasteiger partial charge in [0.1, 0.15) is 0 Å². The van der Waals surface area contributed by atoms with Crippen LogP contribution in [0.25, 0.3) is 0 Å². The Balaban J connectivity index is 2.85. The summed E-state index contributed by atoms with van der Waals surface area (Å²) in [6.07, 6.45) is 0. The van der Waals surface area contributed by atoms with E-state index in [1.165, 1.54) is 19.2 Å². The number of ether oxygens (including phenoxy) is 1. The van der Waals surface area contributed by atoms with Gasteiger partial charge in [0.2, 0.25) is 10.0 Å². The Hall–Kier alpha value is -1.40. The number of esters is 1. The Morgan fingerprint density at radius 1 is 1.21 bits per heavy atom. The highest BCUT2D eigenvalue weighted by atomic mass is 32.2. The first-order chi connectivity index (χ1) is 8.77. The first-order valence-corrected chi connectivity index (χ1v) is 7.43. The van der Waals surface area contributed by atoms with Gasteiger partial charge in [-0.1, -0.05) is 24.6 Å². The van der Waals surface area contributed by atoms with E-state index >= 15 is 0 Å². The Morgan fingerprint density at radius 3 is 2.21 bits per heavy atom. The number of hydrogen-bond donors (Lipinski definition) is 1. The fraction of sp³-hybridized carbons (Fsp3) is 0.462. The number of methoxy groups -OCH3 is 1. The van der Waals surface area contributed by atoms with E-state index in [1.807, 2.05) is 6.92 Å². The summed E-state index contributed by atoms with van der Waals surface area (Å²) in [5.41, 5.74) is 0.981. The van der Waals surface area contributed by atoms with E-state index in [2.05, 4.69) is 9.46 Å². The van der Waals surface area contributed by atoms with Gasteiger partial charge in [-0.3, -0.25) is 4.79 Å². The van der Waals surface area contributed by atoms with Crippen molar-refractivity contribution in [2.24, 2.45) is 5.92 Å². The minimum atomic E-state index is -3.62. The van der Waals surface area contributed by atoms with Crippen molar-refractivity contribution in [3.63, 3.8) is 0 Å². The molecule has 0 fully saturated rings. The van der Waals surface area contributed by atoms with Crippen molar-refractivity contribution < 1.29 is 17.9 Å². The molecule has 0 unspecified atom stereocenters. The lowest BCUT2D eigenvalue weighted by molar-refractivity contribution is -0.145. The van der Waals surface area contributed by atoms with E-state index in [0.29, 0.717) is 0 Å². The first kappa shape index (κ1) is 15.7. The summed E-state index contributed by atoms with van der Waals surface area (Å²) in [6, 6.07) is 5.98. The molecular formula is C13H19NO4S. The number of benzene rings is 1. The Morgan fingerprint density at radius 2 is 1.74 bits per heavy atom. The minimum Gasteiger partial charge on any atom is -0.469 e. The third-order valence-electron chi connectivity index (χ3n) is 3.00. The Labute approximate surface area is 114 Å². The molecule has 1 aromatic rings. The quantitative estimate of drug-likeness (QED) is 0.832. The van der Waals surface area contributed by atoms with Crippen molar-refractivity contribution in [2.75, 3.05) is 7.11 Å². The second-order valence-corrected chi connectivity index (χ2v) is 6.25. The van der Waals surface area contributed by atoms with Crippen LogP contribution in [0.4, 0.5) is 0 Å². The second kappa shape index (κ2) is 6.16. The van der Waals surface area contributed by atoms with Crippen LogP contribution in [0.5, 0.6) is 0 Å². The molecule has 0 aliphatic heterocycles. The number of rotatable bonds is 5. The lowest BCUT2D eigenvalue weighted by atomic mass is 10.1. The maximum Gasteiger partial charge on any atom is 0.309 e. The zero-order valence-corrected chi connectivity index (χ0v) is 12.3. The highest BCUT2D eigenvalue weighted by Crippen LogP contribution is 2.13. The predicted molar refractivity (Wildman–Crippen MR) is 72.1 cm³/mol. The molecule has 2 atom stereocenters. The summed E-state index contributed by atoms with van der Waals surface area (Å²) in [4.78, 5) is 11.5. The molecule has 19 heavy (non-hydrogen) atoms. The summed E-state index contributed by atoms with van der Waals surface area (Å²) >= 11 is 0. The molecule has 0 saturated carbocycles. The molecule has 0 aliphatic rings. The van der Waals surface area contributed by atoms with Gasteiger partial charge in [0.15, 0.2) is 0 Å². The monoisotopic (exact) mass is 285 g/mol. The highest BCUT2D eigenvalue weighted by Gasteiger charge is 2.25. The predicted octanol–water partition coefficient (Wildman–Crippen LogP) is 1.47. The van der Waals surface area contributed by atoms with Gasteiger partial charge in [-0.25, -0.2) is 13.1 Å². The van der Waals surface area contributed by atoms with Crippen LogP contribution >= 0.6 is 0 Å². The number of aryl methyl sites for hydroxylation is 1. The summed E-state index contributed by atoms with van der Waals surface area (Å²) in [7, 11) is -2.34. The van der Waals surface area contributed by atoms with Crippen LogP contribution in [0.15, 0.2) is 29.2 Å². The third kappa shape index (κ3) is 4.04. The Kier molecular flexibility index (Phi) is 5.08. The van der Waals surface area contributed by atoms with E-state index in [0.717, 1.165) is 5.56 Å². The van der Waals surface area contributed by atoms with Crippen molar-refractivity contribution in [2.45, 2.75) is 31.7 Å². The van der Waals surface area contributed by atoms with Gasteiger partial charge in [0.05, 0.1) is 17.9 Å². The van der Waals surface area contributed by atoms with Crippen molar-refractivity contribution >= 4 is 16.0 Å². The fourth-order valence-electron chi connectivity index (χ4n) is 1.52. The molecule has 106 valence electrons. The lowest BCUT2D eigenvalue weighted by Crippen LogP contribution is -2.40. The zero-order valence-electron chi connectivity index (χ0n) is 11.5. The van der Waals surface area contributed by atoms with E-state index in [1.54, 1.807) is 26.0 Å². The van der Waals surface area contributed by atoms with Gasteiger partial charge in [-0.05, 0) is 26.0 Å². The van der Waals surface area contributed by atoms with Gasteiger partial charge in [0, 0.05) is 6.04 Å². The van der Waals surface area contributed by atoms with Crippen LogP contribution in [0, 0.1) is 12.8 Å². The first-order valence-electron chi connectivity index (χ1n) is 5.94. The lowest BCUT2D eigenvalue weighted by Gasteiger charge is -2.19. The maximum absolute atomic E-state index is 12.1. The van der Waals surface area contributed by atoms with Crippen LogP contribution in [0.3, 0.4) is 0 Å². The summed E-state index contributed by atoms with van der Waals surface area (Å²) in [5.74, 6) is -0.996. The molecule has 0 heterocycles. The third-order valence-corrected chi connectivity index (χ3v) is 4.57. The van der Waals surface area contributed by atoms with Crippen LogP contribution in [0.2, 0.25) is 0 Å². The highest BCUT2D eigenvalue weighted by molar-refractivity contribution is 7.89. The minimum absolute atomic E-state index is 0.182. The molecule has 6 heteroatoms.